The summed E-state index contributed by atoms with van der Waals surface area (Å²) in [6, 6.07) is 10.2. The van der Waals surface area contributed by atoms with Gasteiger partial charge in [-0.3, -0.25) is 9.80 Å². The Morgan fingerprint density at radius 1 is 1.13 bits per heavy atom. The average molecular weight is 539 g/mol. The number of amides is 1. The second-order valence-electron chi connectivity index (χ2n) is 8.99. The molecule has 0 unspecified atom stereocenters. The lowest BCUT2D eigenvalue weighted by Gasteiger charge is -2.48. The van der Waals surface area contributed by atoms with Crippen molar-refractivity contribution < 1.29 is 41.4 Å². The number of halogens is 4. The van der Waals surface area contributed by atoms with E-state index >= 15 is 0 Å². The van der Waals surface area contributed by atoms with E-state index in [2.05, 4.69) is 19.7 Å². The van der Waals surface area contributed by atoms with E-state index in [1.54, 1.807) is 23.3 Å². The van der Waals surface area contributed by atoms with Crippen LogP contribution in [0.1, 0.15) is 24.4 Å². The summed E-state index contributed by atoms with van der Waals surface area (Å²) in [4.78, 5) is 25.3. The molecule has 2 aromatic heterocycles. The molecule has 0 aliphatic carbocycles. The Morgan fingerprint density at radius 2 is 1.79 bits per heavy atom. The number of likely N-dealkylation sites (tertiary alicyclic amines) is 1. The highest BCUT2D eigenvalue weighted by Crippen LogP contribution is 2.39. The largest absolute Gasteiger partial charge is 0.490 e. The maximum absolute atomic E-state index is 13.5. The number of piperidine rings is 1. The molecule has 1 spiro atoms. The van der Waals surface area contributed by atoms with Crippen LogP contribution >= 0.6 is 0 Å². The Labute approximate surface area is 214 Å². The zero-order valence-electron chi connectivity index (χ0n) is 20.3. The number of furan rings is 1. The molecule has 204 valence electrons. The number of hydrogen-bond acceptors (Lipinski definition) is 7. The molecule has 0 atom stereocenters. The van der Waals surface area contributed by atoms with Crippen LogP contribution in [-0.4, -0.2) is 74.7 Å². The van der Waals surface area contributed by atoms with Crippen molar-refractivity contribution in [3.8, 4) is 11.4 Å². The molecule has 1 N–H and O–H groups in total. The molecule has 4 heterocycles. The number of alkyl halides is 3. The highest BCUT2D eigenvalue weighted by molar-refractivity contribution is 5.73. The smallest absolute Gasteiger partial charge is 0.475 e. The molecule has 1 saturated heterocycles. The Kier molecular flexibility index (Phi) is 7.71. The van der Waals surface area contributed by atoms with Crippen LogP contribution in [0.2, 0.25) is 0 Å². The van der Waals surface area contributed by atoms with E-state index < -0.39 is 12.1 Å². The van der Waals surface area contributed by atoms with Crippen LogP contribution < -0.4 is 0 Å². The van der Waals surface area contributed by atoms with Gasteiger partial charge in [-0.2, -0.15) is 13.2 Å². The lowest BCUT2D eigenvalue weighted by atomic mass is 9.84. The van der Waals surface area contributed by atoms with Crippen molar-refractivity contribution in [1.82, 2.24) is 24.6 Å². The third kappa shape index (κ3) is 5.79. The summed E-state index contributed by atoms with van der Waals surface area (Å²) in [5.74, 6) is -0.685. The molecule has 5 rings (SSSR count). The molecule has 14 heteroatoms. The fourth-order valence-corrected chi connectivity index (χ4v) is 4.75. The average Bonchev–Trinajstić information content (AvgIpc) is 3.56. The number of rotatable bonds is 3. The Bertz CT molecular complexity index is 1250. The number of fused-ring (bicyclic) bond motifs is 2. The Morgan fingerprint density at radius 3 is 2.34 bits per heavy atom. The first-order valence-electron chi connectivity index (χ1n) is 11.6. The van der Waals surface area contributed by atoms with Crippen LogP contribution in [0.3, 0.4) is 0 Å². The molecule has 1 fully saturated rings. The van der Waals surface area contributed by atoms with E-state index in [1.165, 1.54) is 19.2 Å². The number of aliphatic carboxylic acids is 1. The number of carboxylic acids is 1. The highest BCUT2D eigenvalue weighted by atomic mass is 19.4. The molecular weight excluding hydrogens is 514 g/mol. The molecule has 0 bridgehead atoms. The summed E-state index contributed by atoms with van der Waals surface area (Å²) < 4.78 is 57.9. The van der Waals surface area contributed by atoms with E-state index in [0.29, 0.717) is 18.9 Å². The van der Waals surface area contributed by atoms with Crippen molar-refractivity contribution in [2.24, 2.45) is 0 Å². The second-order valence-corrected chi connectivity index (χ2v) is 8.99. The second kappa shape index (κ2) is 10.8. The molecule has 3 aromatic rings. The number of ether oxygens (including phenoxy) is 1. The molecule has 0 radical (unpaired) electrons. The van der Waals surface area contributed by atoms with Crippen molar-refractivity contribution in [1.29, 1.82) is 0 Å². The number of aromatic nitrogens is 3. The van der Waals surface area contributed by atoms with Crippen molar-refractivity contribution in [3.05, 3.63) is 60.1 Å². The lowest BCUT2D eigenvalue weighted by Crippen LogP contribution is -2.57. The van der Waals surface area contributed by atoms with Gasteiger partial charge in [-0.15, -0.1) is 10.2 Å². The predicted octanol–water partition coefficient (Wildman–Crippen LogP) is 3.88. The highest BCUT2D eigenvalue weighted by Gasteiger charge is 2.46. The van der Waals surface area contributed by atoms with Crippen molar-refractivity contribution in [2.75, 3.05) is 26.7 Å². The summed E-state index contributed by atoms with van der Waals surface area (Å²) in [5.41, 5.74) is 0.457. The summed E-state index contributed by atoms with van der Waals surface area (Å²) in [6.45, 7) is 3.29. The van der Waals surface area contributed by atoms with Gasteiger partial charge in [0.15, 0.2) is 11.6 Å². The van der Waals surface area contributed by atoms with Crippen molar-refractivity contribution in [2.45, 2.75) is 37.6 Å². The van der Waals surface area contributed by atoms with Crippen molar-refractivity contribution in [3.63, 3.8) is 0 Å². The lowest BCUT2D eigenvalue weighted by molar-refractivity contribution is -0.192. The summed E-state index contributed by atoms with van der Waals surface area (Å²) >= 11 is 0. The zero-order valence-corrected chi connectivity index (χ0v) is 20.3. The van der Waals surface area contributed by atoms with E-state index in [9.17, 15) is 22.4 Å². The Hall–Kier alpha value is -3.94. The number of carbonyl (C=O) groups is 2. The van der Waals surface area contributed by atoms with Gasteiger partial charge in [-0.05, 0) is 49.2 Å². The topological polar surface area (TPSA) is 114 Å². The first kappa shape index (κ1) is 27.1. The van der Waals surface area contributed by atoms with Gasteiger partial charge in [0, 0.05) is 25.2 Å². The van der Waals surface area contributed by atoms with Crippen molar-refractivity contribution >= 4 is 12.1 Å². The maximum Gasteiger partial charge on any atom is 0.490 e. The third-order valence-electron chi connectivity index (χ3n) is 6.55. The first-order valence-corrected chi connectivity index (χ1v) is 11.6. The molecule has 2 aliphatic rings. The van der Waals surface area contributed by atoms with Gasteiger partial charge < -0.3 is 18.8 Å². The maximum atomic E-state index is 13.5. The molecule has 38 heavy (non-hydrogen) atoms. The summed E-state index contributed by atoms with van der Waals surface area (Å²) in [6.07, 6.45) is -2.12. The fraction of sp³-hybridized carbons (Fsp3) is 0.417. The van der Waals surface area contributed by atoms with E-state index in [-0.39, 0.29) is 17.4 Å². The summed E-state index contributed by atoms with van der Waals surface area (Å²) in [5, 5.41) is 15.9. The molecule has 1 amide bonds. The molecule has 2 aliphatic heterocycles. The Balaban J connectivity index is 0.000000426. The molecular formula is C24H25F4N5O5. The molecule has 10 nitrogen and oxygen atoms in total. The van der Waals surface area contributed by atoms with Gasteiger partial charge >= 0.3 is 18.2 Å². The number of hydrogen-bond donors (Lipinski definition) is 1. The predicted molar refractivity (Wildman–Crippen MR) is 123 cm³/mol. The molecule has 0 saturated carbocycles. The van der Waals surface area contributed by atoms with Crippen LogP contribution in [0, 0.1) is 5.82 Å². The van der Waals surface area contributed by atoms with Gasteiger partial charge in [0.1, 0.15) is 11.6 Å². The number of benzene rings is 1. The minimum Gasteiger partial charge on any atom is -0.475 e. The summed E-state index contributed by atoms with van der Waals surface area (Å²) in [7, 11) is 1.39. The zero-order chi connectivity index (χ0) is 27.5. The first-order chi connectivity index (χ1) is 18.0. The van der Waals surface area contributed by atoms with Gasteiger partial charge in [0.05, 0.1) is 32.0 Å². The van der Waals surface area contributed by atoms with Crippen LogP contribution in [0.15, 0.2) is 47.1 Å². The fourth-order valence-electron chi connectivity index (χ4n) is 4.75. The van der Waals surface area contributed by atoms with E-state index in [4.69, 9.17) is 19.1 Å². The van der Waals surface area contributed by atoms with Gasteiger partial charge in [0.2, 0.25) is 0 Å². The van der Waals surface area contributed by atoms with Crippen LogP contribution in [0.5, 0.6) is 0 Å². The quantitative estimate of drug-likeness (QED) is 0.499. The minimum atomic E-state index is -5.08. The number of carbonyl (C=O) groups excluding carboxylic acids is 1. The van der Waals surface area contributed by atoms with Crippen LogP contribution in [-0.2, 0) is 28.2 Å². The standard InChI is InChI=1S/C22H24FN5O3.C2HF3O2/c1-30-21(29)27-14-19-24-25-20(16-4-6-17(23)7-5-16)28(19)22(15-27)8-10-26(11-9-22)13-18-3-2-12-31-18;3-2(4,5)1(6)7/h2-7,12H,8-11,13-15H2,1H3;(H,6,7). The molecule has 1 aromatic carbocycles. The normalized spacial score (nSPS) is 16.9. The number of nitrogens with zero attached hydrogens (tertiary/aromatic N) is 5. The number of methoxy groups -OCH3 is 1. The monoisotopic (exact) mass is 539 g/mol. The van der Waals surface area contributed by atoms with Gasteiger partial charge in [-0.25, -0.2) is 14.0 Å². The van der Waals surface area contributed by atoms with Gasteiger partial charge in [0.25, 0.3) is 0 Å². The SMILES string of the molecule is COC(=O)N1Cc2nnc(-c3ccc(F)cc3)n2C2(CCN(Cc3ccco3)CC2)C1.O=C(O)C(F)(F)F. The van der Waals surface area contributed by atoms with Crippen LogP contribution in [0.25, 0.3) is 11.4 Å². The van der Waals surface area contributed by atoms with Gasteiger partial charge in [-0.1, -0.05) is 0 Å². The minimum absolute atomic E-state index is 0.292. The number of carboxylic acid groups (broad SMARTS) is 1. The third-order valence-corrected chi connectivity index (χ3v) is 6.55. The van der Waals surface area contributed by atoms with E-state index in [0.717, 1.165) is 49.6 Å². The van der Waals surface area contributed by atoms with Crippen LogP contribution in [0.4, 0.5) is 22.4 Å². The van der Waals surface area contributed by atoms with E-state index in [1.807, 2.05) is 12.1 Å².